The molecule has 3 heterocycles. The van der Waals surface area contributed by atoms with Gasteiger partial charge in [0.25, 0.3) is 10.0 Å². The number of nitrogens with one attached hydrogen (secondary N) is 3. The van der Waals surface area contributed by atoms with E-state index in [1.807, 2.05) is 6.92 Å². The van der Waals surface area contributed by atoms with Crippen molar-refractivity contribution in [2.45, 2.75) is 37.8 Å². The quantitative estimate of drug-likeness (QED) is 0.324. The standard InChI is InChI=1S/C24H25ClFN7O2S/c1-13(2)33-11-18(12-33)27-23-21-14(3)30-31-24(21)29-22(28-23)15-4-7-17(8-5-15)32-36(34,35)20-10-16(25)6-9-19(20)26/h4-10,13,18,32H,11-12H2,1-3H3,(H2,27,28,29,30,31). The van der Waals surface area contributed by atoms with Gasteiger partial charge in [-0.3, -0.25) is 14.7 Å². The molecule has 2 aromatic heterocycles. The minimum atomic E-state index is -4.17. The van der Waals surface area contributed by atoms with Gasteiger partial charge in [0.15, 0.2) is 11.5 Å². The minimum Gasteiger partial charge on any atom is -0.364 e. The third-order valence-electron chi connectivity index (χ3n) is 6.16. The van der Waals surface area contributed by atoms with Crippen molar-refractivity contribution in [3.05, 3.63) is 59.0 Å². The van der Waals surface area contributed by atoms with Gasteiger partial charge >= 0.3 is 0 Å². The van der Waals surface area contributed by atoms with Crippen LogP contribution >= 0.6 is 11.6 Å². The fourth-order valence-corrected chi connectivity index (χ4v) is 5.51. The number of nitrogens with zero attached hydrogens (tertiary/aromatic N) is 4. The third kappa shape index (κ3) is 4.73. The van der Waals surface area contributed by atoms with E-state index >= 15 is 0 Å². The fourth-order valence-electron chi connectivity index (χ4n) is 4.11. The van der Waals surface area contributed by atoms with Gasteiger partial charge in [-0.15, -0.1) is 0 Å². The maximum atomic E-state index is 14.1. The van der Waals surface area contributed by atoms with Gasteiger partial charge in [-0.1, -0.05) is 11.6 Å². The van der Waals surface area contributed by atoms with Crippen LogP contribution in [0.5, 0.6) is 0 Å². The second kappa shape index (κ2) is 9.30. The molecule has 36 heavy (non-hydrogen) atoms. The molecule has 4 aromatic rings. The molecule has 188 valence electrons. The topological polar surface area (TPSA) is 116 Å². The van der Waals surface area contributed by atoms with Crippen LogP contribution in [0.1, 0.15) is 19.5 Å². The van der Waals surface area contributed by atoms with Crippen LogP contribution in [-0.4, -0.2) is 58.7 Å². The molecule has 0 saturated carbocycles. The van der Waals surface area contributed by atoms with E-state index < -0.39 is 20.7 Å². The number of hydrogen-bond donors (Lipinski definition) is 3. The zero-order chi connectivity index (χ0) is 25.6. The molecule has 12 heteroatoms. The maximum Gasteiger partial charge on any atom is 0.264 e. The second-order valence-electron chi connectivity index (χ2n) is 9.07. The van der Waals surface area contributed by atoms with Crippen molar-refractivity contribution in [1.29, 1.82) is 0 Å². The van der Waals surface area contributed by atoms with Crippen LogP contribution in [0.2, 0.25) is 5.02 Å². The van der Waals surface area contributed by atoms with Crippen molar-refractivity contribution < 1.29 is 12.8 Å². The van der Waals surface area contributed by atoms with Crippen LogP contribution in [0.15, 0.2) is 47.4 Å². The van der Waals surface area contributed by atoms with Gasteiger partial charge in [0.05, 0.1) is 17.1 Å². The third-order valence-corrected chi connectivity index (χ3v) is 7.79. The van der Waals surface area contributed by atoms with Crippen LogP contribution in [0.4, 0.5) is 15.9 Å². The molecule has 1 aliphatic rings. The highest BCUT2D eigenvalue weighted by Gasteiger charge is 2.29. The van der Waals surface area contributed by atoms with E-state index in [1.54, 1.807) is 24.3 Å². The molecule has 0 unspecified atom stereocenters. The first-order chi connectivity index (χ1) is 17.1. The summed E-state index contributed by atoms with van der Waals surface area (Å²) >= 11 is 5.85. The number of fused-ring (bicyclic) bond motifs is 1. The van der Waals surface area contributed by atoms with Gasteiger partial charge in [-0.25, -0.2) is 22.8 Å². The van der Waals surface area contributed by atoms with E-state index in [9.17, 15) is 12.8 Å². The molecule has 5 rings (SSSR count). The number of H-pyrrole nitrogens is 1. The fraction of sp³-hybridized carbons (Fsp3) is 0.292. The molecule has 1 fully saturated rings. The summed E-state index contributed by atoms with van der Waals surface area (Å²) in [6.45, 7) is 8.10. The molecule has 2 aromatic carbocycles. The molecule has 9 nitrogen and oxygen atoms in total. The van der Waals surface area contributed by atoms with Crippen LogP contribution in [-0.2, 0) is 10.0 Å². The first-order valence-corrected chi connectivity index (χ1v) is 13.3. The van der Waals surface area contributed by atoms with E-state index in [0.29, 0.717) is 28.9 Å². The Morgan fingerprint density at radius 2 is 1.86 bits per heavy atom. The number of sulfonamides is 1. The number of likely N-dealkylation sites (tertiary alicyclic amines) is 1. The van der Waals surface area contributed by atoms with E-state index in [2.05, 4.69) is 44.0 Å². The average Bonchev–Trinajstić information content (AvgIpc) is 3.18. The number of aromatic amines is 1. The number of aromatic nitrogens is 4. The zero-order valence-corrected chi connectivity index (χ0v) is 21.5. The molecule has 0 spiro atoms. The van der Waals surface area contributed by atoms with Gasteiger partial charge in [0.1, 0.15) is 16.5 Å². The van der Waals surface area contributed by atoms with Gasteiger partial charge < -0.3 is 5.32 Å². The van der Waals surface area contributed by atoms with Crippen molar-refractivity contribution in [1.82, 2.24) is 25.1 Å². The predicted molar refractivity (Wildman–Crippen MR) is 138 cm³/mol. The SMILES string of the molecule is Cc1n[nH]c2nc(-c3ccc(NS(=O)(=O)c4cc(Cl)ccc4F)cc3)nc(NC3CN(C(C)C)C3)c12. The van der Waals surface area contributed by atoms with Crippen molar-refractivity contribution in [3.8, 4) is 11.4 Å². The highest BCUT2D eigenvalue weighted by Crippen LogP contribution is 2.29. The molecule has 1 aliphatic heterocycles. The first kappa shape index (κ1) is 24.4. The highest BCUT2D eigenvalue weighted by molar-refractivity contribution is 7.92. The van der Waals surface area contributed by atoms with E-state index in [0.717, 1.165) is 36.3 Å². The molecular formula is C24H25ClFN7O2S. The Labute approximate surface area is 213 Å². The lowest BCUT2D eigenvalue weighted by Gasteiger charge is -2.42. The Morgan fingerprint density at radius 3 is 2.56 bits per heavy atom. The first-order valence-electron chi connectivity index (χ1n) is 11.4. The van der Waals surface area contributed by atoms with Crippen LogP contribution < -0.4 is 10.0 Å². The molecule has 1 saturated heterocycles. The van der Waals surface area contributed by atoms with Crippen molar-refractivity contribution in [2.75, 3.05) is 23.1 Å². The molecule has 0 radical (unpaired) electrons. The summed E-state index contributed by atoms with van der Waals surface area (Å²) in [5.41, 5.74) is 2.36. The van der Waals surface area contributed by atoms with Crippen LogP contribution in [0.3, 0.4) is 0 Å². The predicted octanol–water partition coefficient (Wildman–Crippen LogP) is 4.43. The number of benzene rings is 2. The second-order valence-corrected chi connectivity index (χ2v) is 11.2. The van der Waals surface area contributed by atoms with Gasteiger partial charge in [0, 0.05) is 35.4 Å². The summed E-state index contributed by atoms with van der Waals surface area (Å²) in [6.07, 6.45) is 0. The molecular weight excluding hydrogens is 505 g/mol. The summed E-state index contributed by atoms with van der Waals surface area (Å²) in [6, 6.07) is 10.7. The Morgan fingerprint density at radius 1 is 1.14 bits per heavy atom. The number of anilines is 2. The Bertz CT molecular complexity index is 1530. The number of aryl methyl sites for hydroxylation is 1. The lowest BCUT2D eigenvalue weighted by atomic mass is 10.1. The van der Waals surface area contributed by atoms with Gasteiger partial charge in [0.2, 0.25) is 0 Å². The Hall–Kier alpha value is -3.28. The van der Waals surface area contributed by atoms with Crippen LogP contribution in [0, 0.1) is 12.7 Å². The lowest BCUT2D eigenvalue weighted by molar-refractivity contribution is 0.122. The van der Waals surface area contributed by atoms with Gasteiger partial charge in [-0.05, 0) is 63.2 Å². The van der Waals surface area contributed by atoms with Crippen molar-refractivity contribution in [2.24, 2.45) is 0 Å². The number of halogens is 2. The monoisotopic (exact) mass is 529 g/mol. The zero-order valence-electron chi connectivity index (χ0n) is 19.9. The summed E-state index contributed by atoms with van der Waals surface area (Å²) < 4.78 is 41.8. The molecule has 0 atom stereocenters. The largest absolute Gasteiger partial charge is 0.364 e. The normalized spacial score (nSPS) is 14.8. The molecule has 0 amide bonds. The molecule has 3 N–H and O–H groups in total. The number of rotatable bonds is 7. The smallest absolute Gasteiger partial charge is 0.264 e. The van der Waals surface area contributed by atoms with E-state index in [1.165, 1.54) is 6.07 Å². The Kier molecular flexibility index (Phi) is 6.31. The molecule has 0 bridgehead atoms. The summed E-state index contributed by atoms with van der Waals surface area (Å²) in [5, 5.41) is 11.7. The summed E-state index contributed by atoms with van der Waals surface area (Å²) in [7, 11) is -4.17. The summed E-state index contributed by atoms with van der Waals surface area (Å²) in [4.78, 5) is 11.2. The van der Waals surface area contributed by atoms with E-state index in [4.69, 9.17) is 16.6 Å². The van der Waals surface area contributed by atoms with Crippen molar-refractivity contribution in [3.63, 3.8) is 0 Å². The minimum absolute atomic E-state index is 0.122. The number of hydrogen-bond acceptors (Lipinski definition) is 7. The average molecular weight is 530 g/mol. The Balaban J connectivity index is 1.40. The highest BCUT2D eigenvalue weighted by atomic mass is 35.5. The van der Waals surface area contributed by atoms with E-state index in [-0.39, 0.29) is 16.8 Å². The molecule has 0 aliphatic carbocycles. The summed E-state index contributed by atoms with van der Waals surface area (Å²) in [5.74, 6) is 0.280. The van der Waals surface area contributed by atoms with Crippen LogP contribution in [0.25, 0.3) is 22.4 Å². The van der Waals surface area contributed by atoms with Crippen molar-refractivity contribution >= 4 is 44.2 Å². The van der Waals surface area contributed by atoms with Gasteiger partial charge in [-0.2, -0.15) is 5.10 Å². The lowest BCUT2D eigenvalue weighted by Crippen LogP contribution is -2.57. The maximum absolute atomic E-state index is 14.1.